The number of isocyanates is 1. The zero-order chi connectivity index (χ0) is 17.2. The Morgan fingerprint density at radius 2 is 2.04 bits per heavy atom. The fourth-order valence-electron chi connectivity index (χ4n) is 2.25. The number of unbranched alkanes of at least 4 members (excludes halogenated alkanes) is 1. The lowest BCUT2D eigenvalue weighted by molar-refractivity contribution is -0.209. The first-order valence-corrected chi connectivity index (χ1v) is 7.62. The monoisotopic (exact) mass is 329 g/mol. The van der Waals surface area contributed by atoms with Crippen LogP contribution in [0.3, 0.4) is 0 Å². The van der Waals surface area contributed by atoms with E-state index < -0.39 is 36.5 Å². The van der Waals surface area contributed by atoms with Gasteiger partial charge in [-0.15, -0.1) is 0 Å². The van der Waals surface area contributed by atoms with Gasteiger partial charge in [0.05, 0.1) is 6.10 Å². The fraction of sp³-hybridized carbons (Fsp3) is 0.800. The summed E-state index contributed by atoms with van der Waals surface area (Å²) < 4.78 is 21.5. The average Bonchev–Trinajstić information content (AvgIpc) is 2.48. The van der Waals surface area contributed by atoms with Gasteiger partial charge in [-0.05, 0) is 6.42 Å². The number of carbonyl (C=O) groups excluding carboxylic acids is 3. The second-order valence-corrected chi connectivity index (χ2v) is 5.24. The number of ether oxygens (including phenoxy) is 4. The van der Waals surface area contributed by atoms with Gasteiger partial charge in [-0.3, -0.25) is 9.59 Å². The SMILES string of the molecule is CCCCO[C@H]1C[C@@H](COC(C)=O)O[C@@H](N=C=O)[C@@H]1OC(C)=O. The maximum atomic E-state index is 11.3. The van der Waals surface area contributed by atoms with E-state index in [1.165, 1.54) is 19.9 Å². The summed E-state index contributed by atoms with van der Waals surface area (Å²) in [5, 5.41) is 0. The zero-order valence-electron chi connectivity index (χ0n) is 13.6. The van der Waals surface area contributed by atoms with Crippen molar-refractivity contribution in [3.63, 3.8) is 0 Å². The summed E-state index contributed by atoms with van der Waals surface area (Å²) in [5.74, 6) is -0.957. The third-order valence-corrected chi connectivity index (χ3v) is 3.26. The molecular weight excluding hydrogens is 306 g/mol. The number of hydrogen-bond acceptors (Lipinski definition) is 8. The normalized spacial score (nSPS) is 26.9. The van der Waals surface area contributed by atoms with Crippen molar-refractivity contribution in [3.05, 3.63) is 0 Å². The molecule has 4 atom stereocenters. The number of hydrogen-bond donors (Lipinski definition) is 0. The second kappa shape index (κ2) is 10.1. The van der Waals surface area contributed by atoms with Crippen LogP contribution < -0.4 is 0 Å². The first kappa shape index (κ1) is 19.3. The van der Waals surface area contributed by atoms with Crippen molar-refractivity contribution in [2.75, 3.05) is 13.2 Å². The summed E-state index contributed by atoms with van der Waals surface area (Å²) >= 11 is 0. The van der Waals surface area contributed by atoms with Gasteiger partial charge in [0.2, 0.25) is 6.08 Å². The number of aliphatic imine (C=N–C) groups is 1. The van der Waals surface area contributed by atoms with Crippen LogP contribution in [0.15, 0.2) is 4.99 Å². The first-order chi connectivity index (χ1) is 11.0. The number of nitrogens with zero attached hydrogens (tertiary/aromatic N) is 1. The quantitative estimate of drug-likeness (QED) is 0.285. The van der Waals surface area contributed by atoms with Crippen LogP contribution in [0.1, 0.15) is 40.0 Å². The van der Waals surface area contributed by atoms with Crippen LogP contribution in [0.25, 0.3) is 0 Å². The molecule has 130 valence electrons. The summed E-state index contributed by atoms with van der Waals surface area (Å²) in [6.07, 6.45) is 0.707. The highest BCUT2D eigenvalue weighted by Crippen LogP contribution is 2.26. The molecule has 1 heterocycles. The zero-order valence-corrected chi connectivity index (χ0v) is 13.6. The molecule has 1 rings (SSSR count). The van der Waals surface area contributed by atoms with E-state index in [-0.39, 0.29) is 6.61 Å². The summed E-state index contributed by atoms with van der Waals surface area (Å²) in [7, 11) is 0. The van der Waals surface area contributed by atoms with E-state index >= 15 is 0 Å². The molecule has 0 radical (unpaired) electrons. The van der Waals surface area contributed by atoms with Crippen molar-refractivity contribution in [1.29, 1.82) is 0 Å². The van der Waals surface area contributed by atoms with Crippen molar-refractivity contribution in [1.82, 2.24) is 0 Å². The minimum absolute atomic E-state index is 0.0145. The maximum absolute atomic E-state index is 11.3. The van der Waals surface area contributed by atoms with Gasteiger partial charge in [0.25, 0.3) is 0 Å². The Balaban J connectivity index is 2.83. The molecule has 8 heteroatoms. The topological polar surface area (TPSA) is 100 Å². The van der Waals surface area contributed by atoms with Gasteiger partial charge < -0.3 is 18.9 Å². The van der Waals surface area contributed by atoms with E-state index in [9.17, 15) is 14.4 Å². The summed E-state index contributed by atoms with van der Waals surface area (Å²) in [6.45, 7) is 5.08. The molecule has 1 aliphatic heterocycles. The molecule has 0 unspecified atom stereocenters. The second-order valence-electron chi connectivity index (χ2n) is 5.24. The van der Waals surface area contributed by atoms with E-state index in [2.05, 4.69) is 4.99 Å². The van der Waals surface area contributed by atoms with Gasteiger partial charge in [0.1, 0.15) is 12.7 Å². The van der Waals surface area contributed by atoms with Crippen molar-refractivity contribution >= 4 is 18.0 Å². The third-order valence-electron chi connectivity index (χ3n) is 3.26. The minimum atomic E-state index is -1.03. The van der Waals surface area contributed by atoms with Gasteiger partial charge in [-0.25, -0.2) is 4.79 Å². The molecule has 0 aromatic carbocycles. The standard InChI is InChI=1S/C15H23NO7/c1-4-5-6-20-13-7-12(8-21-10(2)18)23-15(16-9-17)14(13)22-11(3)19/h12-15H,4-8H2,1-3H3/t12-,13-,14+,15+/m0/s1. The van der Waals surface area contributed by atoms with Crippen LogP contribution in [-0.4, -0.2) is 55.8 Å². The molecule has 1 saturated heterocycles. The van der Waals surface area contributed by atoms with Crippen LogP contribution in [0.2, 0.25) is 0 Å². The highest BCUT2D eigenvalue weighted by Gasteiger charge is 2.42. The van der Waals surface area contributed by atoms with Gasteiger partial charge in [0, 0.05) is 26.9 Å². The molecule has 0 amide bonds. The number of rotatable bonds is 8. The highest BCUT2D eigenvalue weighted by atomic mass is 16.6. The maximum Gasteiger partial charge on any atom is 0.303 e. The predicted octanol–water partition coefficient (Wildman–Crippen LogP) is 1.12. The average molecular weight is 329 g/mol. The molecule has 0 N–H and O–H groups in total. The van der Waals surface area contributed by atoms with E-state index in [1.54, 1.807) is 0 Å². The minimum Gasteiger partial charge on any atom is -0.463 e. The van der Waals surface area contributed by atoms with E-state index in [0.717, 1.165) is 12.8 Å². The molecule has 0 aromatic rings. The lowest BCUT2D eigenvalue weighted by Gasteiger charge is -2.38. The van der Waals surface area contributed by atoms with Crippen LogP contribution in [-0.2, 0) is 33.3 Å². The Hall–Kier alpha value is -1.76. The van der Waals surface area contributed by atoms with E-state index in [4.69, 9.17) is 18.9 Å². The van der Waals surface area contributed by atoms with E-state index in [0.29, 0.717) is 13.0 Å². The summed E-state index contributed by atoms with van der Waals surface area (Å²) in [4.78, 5) is 36.4. The van der Waals surface area contributed by atoms with Gasteiger partial charge in [0.15, 0.2) is 12.3 Å². The van der Waals surface area contributed by atoms with Gasteiger partial charge in [-0.1, -0.05) is 13.3 Å². The molecule has 0 spiro atoms. The van der Waals surface area contributed by atoms with Crippen molar-refractivity contribution in [2.24, 2.45) is 4.99 Å². The number of carbonyl (C=O) groups is 2. The van der Waals surface area contributed by atoms with Crippen molar-refractivity contribution in [3.8, 4) is 0 Å². The van der Waals surface area contributed by atoms with Crippen molar-refractivity contribution < 1.29 is 33.3 Å². The Bertz CT molecular complexity index is 447. The van der Waals surface area contributed by atoms with Crippen LogP contribution in [0, 0.1) is 0 Å². The first-order valence-electron chi connectivity index (χ1n) is 7.62. The van der Waals surface area contributed by atoms with Gasteiger partial charge in [-0.2, -0.15) is 4.99 Å². The molecule has 23 heavy (non-hydrogen) atoms. The smallest absolute Gasteiger partial charge is 0.303 e. The molecule has 0 bridgehead atoms. The molecule has 0 aromatic heterocycles. The van der Waals surface area contributed by atoms with E-state index in [1.807, 2.05) is 6.92 Å². The van der Waals surface area contributed by atoms with Crippen molar-refractivity contribution in [2.45, 2.75) is 64.6 Å². The summed E-state index contributed by atoms with van der Waals surface area (Å²) in [6, 6.07) is 0. The Morgan fingerprint density at radius 3 is 2.61 bits per heavy atom. The lowest BCUT2D eigenvalue weighted by Crippen LogP contribution is -2.51. The highest BCUT2D eigenvalue weighted by molar-refractivity contribution is 5.66. The fourth-order valence-corrected chi connectivity index (χ4v) is 2.25. The third kappa shape index (κ3) is 6.90. The Kier molecular flexibility index (Phi) is 8.47. The molecule has 0 saturated carbocycles. The van der Waals surface area contributed by atoms with Gasteiger partial charge >= 0.3 is 11.9 Å². The van der Waals surface area contributed by atoms with Crippen LogP contribution >= 0.6 is 0 Å². The Morgan fingerprint density at radius 1 is 1.30 bits per heavy atom. The predicted molar refractivity (Wildman–Crippen MR) is 78.2 cm³/mol. The summed E-state index contributed by atoms with van der Waals surface area (Å²) in [5.41, 5.74) is 0. The molecule has 0 aliphatic carbocycles. The molecule has 1 fully saturated rings. The number of esters is 2. The van der Waals surface area contributed by atoms with Crippen LogP contribution in [0.4, 0.5) is 0 Å². The molecule has 8 nitrogen and oxygen atoms in total. The largest absolute Gasteiger partial charge is 0.463 e. The van der Waals surface area contributed by atoms with Crippen LogP contribution in [0.5, 0.6) is 0 Å². The lowest BCUT2D eigenvalue weighted by atomic mass is 10.0. The Labute approximate surface area is 135 Å². The molecule has 1 aliphatic rings. The molecular formula is C15H23NO7.